The molecule has 0 fully saturated rings. The van der Waals surface area contributed by atoms with Crippen molar-refractivity contribution in [3.63, 3.8) is 0 Å². The Labute approximate surface area is 79.8 Å². The molecule has 1 unspecified atom stereocenters. The van der Waals surface area contributed by atoms with Gasteiger partial charge in [0.05, 0.1) is 0 Å². The predicted octanol–water partition coefficient (Wildman–Crippen LogP) is 1.29. The van der Waals surface area contributed by atoms with Gasteiger partial charge in [0.1, 0.15) is 0 Å². The number of carboxylic acids is 1. The average molecular weight is 191 g/mol. The Morgan fingerprint density at radius 1 is 1.36 bits per heavy atom. The fourth-order valence-electron chi connectivity index (χ4n) is 1.48. The van der Waals surface area contributed by atoms with Crippen LogP contribution in [0.4, 0.5) is 0 Å². The fraction of sp³-hybridized carbons (Fsp3) is 0.100. The third kappa shape index (κ3) is 1.25. The van der Waals surface area contributed by atoms with E-state index < -0.39 is 12.1 Å². The van der Waals surface area contributed by atoms with Crippen molar-refractivity contribution in [1.82, 2.24) is 4.98 Å². The summed E-state index contributed by atoms with van der Waals surface area (Å²) in [7, 11) is 0. The Hall–Kier alpha value is -1.81. The molecule has 0 aliphatic carbocycles. The van der Waals surface area contributed by atoms with Crippen molar-refractivity contribution in [2.45, 2.75) is 6.10 Å². The number of hydrogen-bond donors (Lipinski definition) is 3. The number of carboxylic acid groups (broad SMARTS) is 1. The number of aliphatic hydroxyl groups is 1. The van der Waals surface area contributed by atoms with Gasteiger partial charge in [-0.15, -0.1) is 0 Å². The van der Waals surface area contributed by atoms with Gasteiger partial charge in [-0.2, -0.15) is 0 Å². The van der Waals surface area contributed by atoms with Gasteiger partial charge >= 0.3 is 5.97 Å². The first-order chi connectivity index (χ1) is 6.70. The summed E-state index contributed by atoms with van der Waals surface area (Å²) in [5, 5.41) is 18.8. The van der Waals surface area contributed by atoms with Crippen molar-refractivity contribution in [3.8, 4) is 0 Å². The van der Waals surface area contributed by atoms with Crippen molar-refractivity contribution in [3.05, 3.63) is 36.0 Å². The van der Waals surface area contributed by atoms with Gasteiger partial charge in [-0.3, -0.25) is 0 Å². The molecule has 4 nitrogen and oxygen atoms in total. The monoisotopic (exact) mass is 191 g/mol. The maximum atomic E-state index is 10.6. The molecule has 14 heavy (non-hydrogen) atoms. The van der Waals surface area contributed by atoms with Crippen LogP contribution >= 0.6 is 0 Å². The lowest BCUT2D eigenvalue weighted by Gasteiger charge is -2.06. The number of carbonyl (C=O) groups is 1. The van der Waals surface area contributed by atoms with Gasteiger partial charge in [0.25, 0.3) is 0 Å². The minimum absolute atomic E-state index is 0.413. The van der Waals surface area contributed by atoms with E-state index in [4.69, 9.17) is 5.11 Å². The minimum atomic E-state index is -1.46. The third-order valence-corrected chi connectivity index (χ3v) is 2.16. The summed E-state index contributed by atoms with van der Waals surface area (Å²) in [6, 6.07) is 6.89. The van der Waals surface area contributed by atoms with Gasteiger partial charge in [-0.25, -0.2) is 4.79 Å². The molecular formula is C10H9NO3. The van der Waals surface area contributed by atoms with E-state index in [1.807, 2.05) is 6.07 Å². The van der Waals surface area contributed by atoms with Gasteiger partial charge in [0, 0.05) is 22.7 Å². The predicted molar refractivity (Wildman–Crippen MR) is 50.9 cm³/mol. The number of benzene rings is 1. The van der Waals surface area contributed by atoms with E-state index in [2.05, 4.69) is 4.98 Å². The highest BCUT2D eigenvalue weighted by atomic mass is 16.4. The maximum Gasteiger partial charge on any atom is 0.337 e. The number of rotatable bonds is 2. The van der Waals surface area contributed by atoms with Crippen LogP contribution in [0, 0.1) is 0 Å². The second-order valence-electron chi connectivity index (χ2n) is 3.03. The molecule has 0 amide bonds. The van der Waals surface area contributed by atoms with Gasteiger partial charge in [0.15, 0.2) is 6.10 Å². The zero-order valence-electron chi connectivity index (χ0n) is 7.27. The van der Waals surface area contributed by atoms with E-state index in [1.54, 1.807) is 24.4 Å². The summed E-state index contributed by atoms with van der Waals surface area (Å²) in [6.07, 6.45) is 0.248. The van der Waals surface area contributed by atoms with Crippen molar-refractivity contribution in [1.29, 1.82) is 0 Å². The minimum Gasteiger partial charge on any atom is -0.479 e. The van der Waals surface area contributed by atoms with Crippen molar-refractivity contribution < 1.29 is 15.0 Å². The highest BCUT2D eigenvalue weighted by molar-refractivity contribution is 5.88. The van der Waals surface area contributed by atoms with Crippen molar-refractivity contribution in [2.75, 3.05) is 0 Å². The number of aliphatic hydroxyl groups excluding tert-OH is 1. The van der Waals surface area contributed by atoms with E-state index in [0.717, 1.165) is 10.9 Å². The lowest BCUT2D eigenvalue weighted by atomic mass is 10.1. The molecule has 0 aliphatic rings. The SMILES string of the molecule is O=C(O)C(O)c1cccc2[nH]ccc12. The summed E-state index contributed by atoms with van der Waals surface area (Å²) in [6.45, 7) is 0. The second kappa shape index (κ2) is 3.16. The molecule has 1 atom stereocenters. The molecule has 0 saturated carbocycles. The highest BCUT2D eigenvalue weighted by Crippen LogP contribution is 2.23. The third-order valence-electron chi connectivity index (χ3n) is 2.16. The number of aromatic nitrogens is 1. The van der Waals surface area contributed by atoms with Crippen LogP contribution in [0.1, 0.15) is 11.7 Å². The van der Waals surface area contributed by atoms with E-state index >= 15 is 0 Å². The number of aliphatic carboxylic acids is 1. The molecule has 0 spiro atoms. The summed E-state index contributed by atoms with van der Waals surface area (Å²) in [5.74, 6) is -1.24. The molecule has 0 bridgehead atoms. The maximum absolute atomic E-state index is 10.6. The molecule has 2 rings (SSSR count). The summed E-state index contributed by atoms with van der Waals surface area (Å²) in [4.78, 5) is 13.6. The smallest absolute Gasteiger partial charge is 0.337 e. The van der Waals surface area contributed by atoms with E-state index in [9.17, 15) is 9.90 Å². The molecule has 2 aromatic rings. The molecular weight excluding hydrogens is 182 g/mol. The number of nitrogens with one attached hydrogen (secondary N) is 1. The lowest BCUT2D eigenvalue weighted by Crippen LogP contribution is -2.10. The normalized spacial score (nSPS) is 12.9. The summed E-state index contributed by atoms with van der Waals surface area (Å²) < 4.78 is 0. The molecule has 1 aromatic heterocycles. The van der Waals surface area contributed by atoms with Crippen LogP contribution in [0.25, 0.3) is 10.9 Å². The lowest BCUT2D eigenvalue weighted by molar-refractivity contribution is -0.146. The van der Waals surface area contributed by atoms with Gasteiger partial charge in [-0.05, 0) is 12.1 Å². The Balaban J connectivity index is 2.61. The van der Waals surface area contributed by atoms with Crippen molar-refractivity contribution >= 4 is 16.9 Å². The van der Waals surface area contributed by atoms with Gasteiger partial charge in [0.2, 0.25) is 0 Å². The van der Waals surface area contributed by atoms with Crippen LogP contribution in [0.2, 0.25) is 0 Å². The molecule has 0 aliphatic heterocycles. The largest absolute Gasteiger partial charge is 0.479 e. The molecule has 0 radical (unpaired) electrons. The van der Waals surface area contributed by atoms with E-state index in [-0.39, 0.29) is 0 Å². The first-order valence-electron chi connectivity index (χ1n) is 4.17. The summed E-state index contributed by atoms with van der Waals surface area (Å²) >= 11 is 0. The van der Waals surface area contributed by atoms with Crippen LogP contribution in [-0.4, -0.2) is 21.2 Å². The molecule has 1 heterocycles. The second-order valence-corrected chi connectivity index (χ2v) is 3.03. The zero-order chi connectivity index (χ0) is 10.1. The number of fused-ring (bicyclic) bond motifs is 1. The van der Waals surface area contributed by atoms with Crippen LogP contribution in [0.3, 0.4) is 0 Å². The Morgan fingerprint density at radius 3 is 2.86 bits per heavy atom. The van der Waals surface area contributed by atoms with Gasteiger partial charge < -0.3 is 15.2 Å². The number of hydrogen-bond acceptors (Lipinski definition) is 2. The fourth-order valence-corrected chi connectivity index (χ4v) is 1.48. The van der Waals surface area contributed by atoms with Crippen LogP contribution in [0.15, 0.2) is 30.5 Å². The standard InChI is InChI=1S/C10H9NO3/c12-9(10(13)14)7-2-1-3-8-6(7)4-5-11-8/h1-5,9,11-12H,(H,13,14). The quantitative estimate of drug-likeness (QED) is 0.669. The Kier molecular flexibility index (Phi) is 1.98. The molecule has 1 aromatic carbocycles. The van der Waals surface area contributed by atoms with Crippen molar-refractivity contribution in [2.24, 2.45) is 0 Å². The first-order valence-corrected chi connectivity index (χ1v) is 4.17. The molecule has 0 saturated heterocycles. The van der Waals surface area contributed by atoms with Gasteiger partial charge in [-0.1, -0.05) is 12.1 Å². The Bertz CT molecular complexity index is 475. The topological polar surface area (TPSA) is 73.3 Å². The highest BCUT2D eigenvalue weighted by Gasteiger charge is 2.18. The molecule has 72 valence electrons. The summed E-state index contributed by atoms with van der Waals surface area (Å²) in [5.41, 5.74) is 1.24. The molecule has 4 heteroatoms. The van der Waals surface area contributed by atoms with Crippen LogP contribution < -0.4 is 0 Å². The zero-order valence-corrected chi connectivity index (χ0v) is 7.27. The van der Waals surface area contributed by atoms with Crippen LogP contribution in [0.5, 0.6) is 0 Å². The first kappa shape index (κ1) is 8.77. The van der Waals surface area contributed by atoms with E-state index in [1.165, 1.54) is 0 Å². The van der Waals surface area contributed by atoms with Crippen LogP contribution in [-0.2, 0) is 4.79 Å². The molecule has 3 N–H and O–H groups in total. The van der Waals surface area contributed by atoms with E-state index in [0.29, 0.717) is 5.56 Å². The number of aromatic amines is 1. The Morgan fingerprint density at radius 2 is 2.14 bits per heavy atom. The average Bonchev–Trinajstić information content (AvgIpc) is 2.63. The number of H-pyrrole nitrogens is 1.